The van der Waals surface area contributed by atoms with E-state index in [0.717, 1.165) is 6.54 Å². The lowest BCUT2D eigenvalue weighted by atomic mass is 10.1. The molecular weight excluding hydrogens is 160 g/mol. The van der Waals surface area contributed by atoms with Crippen LogP contribution in [0.15, 0.2) is 24.4 Å². The van der Waals surface area contributed by atoms with Crippen LogP contribution in [0.2, 0.25) is 0 Å². The normalized spacial score (nSPS) is 10.9. The summed E-state index contributed by atoms with van der Waals surface area (Å²) in [5.74, 6) is 0. The zero-order valence-electron chi connectivity index (χ0n) is 8.02. The molecule has 0 fully saturated rings. The maximum Gasteiger partial charge on any atom is 0.0502 e. The minimum absolute atomic E-state index is 0.914. The largest absolute Gasteiger partial charge is 0.361 e. The number of aromatic nitrogens is 1. The summed E-state index contributed by atoms with van der Waals surface area (Å²) in [7, 11) is 1.97. The van der Waals surface area contributed by atoms with Crippen LogP contribution >= 0.6 is 0 Å². The first-order chi connectivity index (χ1) is 6.33. The van der Waals surface area contributed by atoms with Crippen LogP contribution in [-0.2, 0) is 6.54 Å². The van der Waals surface area contributed by atoms with Crippen molar-refractivity contribution in [3.8, 4) is 0 Å². The number of para-hydroxylation sites is 1. The first kappa shape index (κ1) is 8.32. The average molecular weight is 174 g/mol. The van der Waals surface area contributed by atoms with Crippen molar-refractivity contribution in [3.63, 3.8) is 0 Å². The molecule has 0 bridgehead atoms. The Morgan fingerprint density at radius 2 is 2.23 bits per heavy atom. The highest BCUT2D eigenvalue weighted by Gasteiger charge is 2.02. The van der Waals surface area contributed by atoms with E-state index in [1.54, 1.807) is 0 Å². The summed E-state index contributed by atoms with van der Waals surface area (Å²) in [5.41, 5.74) is 3.90. The molecule has 0 aliphatic heterocycles. The van der Waals surface area contributed by atoms with E-state index in [-0.39, 0.29) is 0 Å². The van der Waals surface area contributed by atoms with Crippen LogP contribution in [0.25, 0.3) is 10.9 Å². The van der Waals surface area contributed by atoms with E-state index in [4.69, 9.17) is 0 Å². The number of rotatable bonds is 2. The van der Waals surface area contributed by atoms with Crippen LogP contribution in [0.5, 0.6) is 0 Å². The Morgan fingerprint density at radius 3 is 3.00 bits per heavy atom. The van der Waals surface area contributed by atoms with E-state index in [1.165, 1.54) is 22.0 Å². The zero-order chi connectivity index (χ0) is 9.26. The number of H-pyrrole nitrogens is 1. The van der Waals surface area contributed by atoms with E-state index in [9.17, 15) is 0 Å². The third kappa shape index (κ3) is 1.33. The molecule has 0 aliphatic carbocycles. The Balaban J connectivity index is 2.63. The molecule has 1 aromatic carbocycles. The fourth-order valence-electron chi connectivity index (χ4n) is 1.70. The van der Waals surface area contributed by atoms with Gasteiger partial charge in [-0.15, -0.1) is 0 Å². The van der Waals surface area contributed by atoms with Gasteiger partial charge in [0.05, 0.1) is 5.52 Å². The lowest BCUT2D eigenvalue weighted by Crippen LogP contribution is -2.05. The molecule has 2 aromatic rings. The standard InChI is InChI=1S/C11H14N2/c1-8-6-13-11-9(7-12-2)4-3-5-10(8)11/h3-6,12-13H,7H2,1-2H3. The number of aryl methyl sites for hydroxylation is 1. The van der Waals surface area contributed by atoms with Crippen molar-refractivity contribution < 1.29 is 0 Å². The highest BCUT2D eigenvalue weighted by atomic mass is 14.8. The Morgan fingerprint density at radius 1 is 1.38 bits per heavy atom. The predicted octanol–water partition coefficient (Wildman–Crippen LogP) is 2.20. The lowest BCUT2D eigenvalue weighted by Gasteiger charge is -2.01. The number of benzene rings is 1. The molecule has 0 spiro atoms. The summed E-state index contributed by atoms with van der Waals surface area (Å²) < 4.78 is 0. The van der Waals surface area contributed by atoms with Gasteiger partial charge in [0.2, 0.25) is 0 Å². The maximum absolute atomic E-state index is 3.30. The Labute approximate surface area is 78.0 Å². The van der Waals surface area contributed by atoms with Crippen molar-refractivity contribution in [2.24, 2.45) is 0 Å². The van der Waals surface area contributed by atoms with E-state index in [1.807, 2.05) is 7.05 Å². The van der Waals surface area contributed by atoms with Gasteiger partial charge in [0.25, 0.3) is 0 Å². The maximum atomic E-state index is 3.30. The van der Waals surface area contributed by atoms with E-state index in [0.29, 0.717) is 0 Å². The smallest absolute Gasteiger partial charge is 0.0502 e. The molecule has 0 saturated heterocycles. The predicted molar refractivity (Wildman–Crippen MR) is 55.8 cm³/mol. The van der Waals surface area contributed by atoms with E-state index < -0.39 is 0 Å². The molecule has 0 radical (unpaired) electrons. The van der Waals surface area contributed by atoms with E-state index >= 15 is 0 Å². The summed E-state index contributed by atoms with van der Waals surface area (Å²) in [4.78, 5) is 3.30. The molecule has 2 rings (SSSR count). The molecule has 13 heavy (non-hydrogen) atoms. The Hall–Kier alpha value is -1.28. The average Bonchev–Trinajstić information content (AvgIpc) is 2.50. The SMILES string of the molecule is CNCc1cccc2c(C)c[nH]c12. The van der Waals surface area contributed by atoms with Crippen LogP contribution in [0.4, 0.5) is 0 Å². The van der Waals surface area contributed by atoms with Gasteiger partial charge in [-0.3, -0.25) is 0 Å². The zero-order valence-corrected chi connectivity index (χ0v) is 8.02. The topological polar surface area (TPSA) is 27.8 Å². The second-order valence-electron chi connectivity index (χ2n) is 3.34. The molecular formula is C11H14N2. The van der Waals surface area contributed by atoms with Gasteiger partial charge in [-0.1, -0.05) is 18.2 Å². The van der Waals surface area contributed by atoms with Crippen LogP contribution in [-0.4, -0.2) is 12.0 Å². The minimum atomic E-state index is 0.914. The van der Waals surface area contributed by atoms with Gasteiger partial charge in [-0.2, -0.15) is 0 Å². The highest BCUT2D eigenvalue weighted by molar-refractivity contribution is 5.85. The fraction of sp³-hybridized carbons (Fsp3) is 0.273. The Kier molecular flexibility index (Phi) is 2.07. The summed E-state index contributed by atoms with van der Waals surface area (Å²) >= 11 is 0. The van der Waals surface area contributed by atoms with Crippen molar-refractivity contribution in [3.05, 3.63) is 35.5 Å². The van der Waals surface area contributed by atoms with Gasteiger partial charge < -0.3 is 10.3 Å². The summed E-state index contributed by atoms with van der Waals surface area (Å²) in [6, 6.07) is 6.41. The van der Waals surface area contributed by atoms with Crippen LogP contribution < -0.4 is 5.32 Å². The molecule has 1 heterocycles. The van der Waals surface area contributed by atoms with Crippen molar-refractivity contribution in [2.45, 2.75) is 13.5 Å². The third-order valence-corrected chi connectivity index (χ3v) is 2.38. The van der Waals surface area contributed by atoms with Crippen molar-refractivity contribution in [1.29, 1.82) is 0 Å². The van der Waals surface area contributed by atoms with Crippen LogP contribution in [0.1, 0.15) is 11.1 Å². The molecule has 2 nitrogen and oxygen atoms in total. The van der Waals surface area contributed by atoms with E-state index in [2.05, 4.69) is 41.6 Å². The fourth-order valence-corrected chi connectivity index (χ4v) is 1.70. The van der Waals surface area contributed by atoms with Gasteiger partial charge in [0.1, 0.15) is 0 Å². The molecule has 1 aromatic heterocycles. The van der Waals surface area contributed by atoms with Gasteiger partial charge in [0, 0.05) is 18.1 Å². The second-order valence-corrected chi connectivity index (χ2v) is 3.34. The number of aromatic amines is 1. The summed E-state index contributed by atoms with van der Waals surface area (Å²) in [6.07, 6.45) is 2.06. The summed E-state index contributed by atoms with van der Waals surface area (Å²) in [6.45, 7) is 3.04. The van der Waals surface area contributed by atoms with Crippen LogP contribution in [0, 0.1) is 6.92 Å². The Bertz CT molecular complexity index is 415. The van der Waals surface area contributed by atoms with Crippen molar-refractivity contribution in [1.82, 2.24) is 10.3 Å². The molecule has 0 unspecified atom stereocenters. The second kappa shape index (κ2) is 3.23. The number of hydrogen-bond donors (Lipinski definition) is 2. The van der Waals surface area contributed by atoms with Crippen LogP contribution in [0.3, 0.4) is 0 Å². The van der Waals surface area contributed by atoms with Gasteiger partial charge in [-0.05, 0) is 25.1 Å². The molecule has 2 heteroatoms. The minimum Gasteiger partial charge on any atom is -0.361 e. The molecule has 68 valence electrons. The van der Waals surface area contributed by atoms with Gasteiger partial charge in [-0.25, -0.2) is 0 Å². The number of nitrogens with one attached hydrogen (secondary N) is 2. The molecule has 2 N–H and O–H groups in total. The van der Waals surface area contributed by atoms with Gasteiger partial charge >= 0.3 is 0 Å². The summed E-state index contributed by atoms with van der Waals surface area (Å²) in [5, 5.41) is 4.49. The lowest BCUT2D eigenvalue weighted by molar-refractivity contribution is 0.822. The van der Waals surface area contributed by atoms with Gasteiger partial charge in [0.15, 0.2) is 0 Å². The van der Waals surface area contributed by atoms with Crippen molar-refractivity contribution in [2.75, 3.05) is 7.05 Å². The van der Waals surface area contributed by atoms with Crippen molar-refractivity contribution >= 4 is 10.9 Å². The number of fused-ring (bicyclic) bond motifs is 1. The molecule has 0 amide bonds. The molecule has 0 saturated carbocycles. The first-order valence-corrected chi connectivity index (χ1v) is 4.53. The molecule has 0 atom stereocenters. The monoisotopic (exact) mass is 174 g/mol. The first-order valence-electron chi connectivity index (χ1n) is 4.53. The highest BCUT2D eigenvalue weighted by Crippen LogP contribution is 2.20. The quantitative estimate of drug-likeness (QED) is 0.717. The number of hydrogen-bond acceptors (Lipinski definition) is 1. The molecule has 0 aliphatic rings. The third-order valence-electron chi connectivity index (χ3n) is 2.38.